The fourth-order valence-electron chi connectivity index (χ4n) is 1.33. The Balaban J connectivity index is 4.35. The largest absolute Gasteiger partial charge is 0.369 e. The summed E-state index contributed by atoms with van der Waals surface area (Å²) < 4.78 is 105. The van der Waals surface area contributed by atoms with Gasteiger partial charge in [-0.1, -0.05) is 0 Å². The lowest BCUT2D eigenvalue weighted by molar-refractivity contribution is -0.178. The Morgan fingerprint density at radius 2 is 1.11 bits per heavy atom. The summed E-state index contributed by atoms with van der Waals surface area (Å²) in [6, 6.07) is 0. The van der Waals surface area contributed by atoms with E-state index in [1.54, 1.807) is 0 Å². The van der Waals surface area contributed by atoms with Gasteiger partial charge in [-0.2, -0.15) is 0 Å². The lowest BCUT2D eigenvalue weighted by atomic mass is 10.0. The standard InChI is InChI=1S/C10H14F8O/c1-7(11,12)3-9(15,16)4-10(17,18)6-19-5-8(2,13)14/h3-6H2,1-2H3. The summed E-state index contributed by atoms with van der Waals surface area (Å²) in [5.41, 5.74) is 0. The van der Waals surface area contributed by atoms with E-state index in [1.807, 2.05) is 0 Å². The average molecular weight is 302 g/mol. The van der Waals surface area contributed by atoms with Crippen molar-refractivity contribution in [3.8, 4) is 0 Å². The summed E-state index contributed by atoms with van der Waals surface area (Å²) in [6.07, 6.45) is -4.22. The maximum atomic E-state index is 13.0. The first kappa shape index (κ1) is 18.4. The molecule has 0 unspecified atom stereocenters. The summed E-state index contributed by atoms with van der Waals surface area (Å²) >= 11 is 0. The van der Waals surface area contributed by atoms with Gasteiger partial charge in [0.15, 0.2) is 0 Å². The Hall–Kier alpha value is -0.600. The Morgan fingerprint density at radius 1 is 0.632 bits per heavy atom. The molecule has 0 aromatic heterocycles. The number of alkyl halides is 8. The highest BCUT2D eigenvalue weighted by Gasteiger charge is 2.48. The van der Waals surface area contributed by atoms with Crippen molar-refractivity contribution in [1.29, 1.82) is 0 Å². The molecule has 0 spiro atoms. The first-order valence-corrected chi connectivity index (χ1v) is 5.21. The molecule has 0 radical (unpaired) electrons. The van der Waals surface area contributed by atoms with Crippen LogP contribution < -0.4 is 0 Å². The molecule has 0 aromatic carbocycles. The number of rotatable bonds is 8. The molecule has 0 N–H and O–H groups in total. The molecule has 0 heterocycles. The van der Waals surface area contributed by atoms with E-state index in [9.17, 15) is 35.1 Å². The smallest absolute Gasteiger partial charge is 0.276 e. The molecule has 0 aromatic rings. The molecule has 0 bridgehead atoms. The summed E-state index contributed by atoms with van der Waals surface area (Å²) in [7, 11) is 0. The van der Waals surface area contributed by atoms with Crippen LogP contribution in [0.2, 0.25) is 0 Å². The monoisotopic (exact) mass is 302 g/mol. The average Bonchev–Trinajstić information content (AvgIpc) is 1.90. The normalized spacial score (nSPS) is 14.8. The van der Waals surface area contributed by atoms with Gasteiger partial charge in [-0.05, 0) is 6.92 Å². The fourth-order valence-corrected chi connectivity index (χ4v) is 1.33. The highest BCUT2D eigenvalue weighted by molar-refractivity contribution is 4.81. The zero-order chi connectivity index (χ0) is 15.5. The van der Waals surface area contributed by atoms with E-state index in [4.69, 9.17) is 0 Å². The van der Waals surface area contributed by atoms with Crippen LogP contribution in [0.25, 0.3) is 0 Å². The van der Waals surface area contributed by atoms with Crippen LogP contribution >= 0.6 is 0 Å². The number of halogens is 8. The SMILES string of the molecule is CC(F)(F)COCC(F)(F)CC(F)(F)CC(C)(F)F. The third-order valence-electron chi connectivity index (χ3n) is 1.76. The predicted molar refractivity (Wildman–Crippen MR) is 51.2 cm³/mol. The predicted octanol–water partition coefficient (Wildman–Crippen LogP) is 4.36. The first-order valence-electron chi connectivity index (χ1n) is 5.21. The molecular weight excluding hydrogens is 288 g/mol. The second-order valence-electron chi connectivity index (χ2n) is 4.70. The zero-order valence-corrected chi connectivity index (χ0v) is 10.3. The molecule has 0 aliphatic rings. The third kappa shape index (κ3) is 11.0. The molecule has 1 nitrogen and oxygen atoms in total. The number of hydrogen-bond donors (Lipinski definition) is 0. The van der Waals surface area contributed by atoms with Crippen LogP contribution in [-0.4, -0.2) is 36.9 Å². The second-order valence-corrected chi connectivity index (χ2v) is 4.70. The molecule has 0 fully saturated rings. The van der Waals surface area contributed by atoms with E-state index in [2.05, 4.69) is 4.74 Å². The quantitative estimate of drug-likeness (QED) is 0.605. The molecule has 0 aliphatic heterocycles. The van der Waals surface area contributed by atoms with E-state index in [-0.39, 0.29) is 6.92 Å². The van der Waals surface area contributed by atoms with Crippen LogP contribution in [0.4, 0.5) is 35.1 Å². The van der Waals surface area contributed by atoms with Gasteiger partial charge >= 0.3 is 0 Å². The molecule has 9 heteroatoms. The van der Waals surface area contributed by atoms with Crippen molar-refractivity contribution in [2.24, 2.45) is 0 Å². The minimum atomic E-state index is -4.32. The lowest BCUT2D eigenvalue weighted by Crippen LogP contribution is -2.37. The minimum absolute atomic E-state index is 0.174. The van der Waals surface area contributed by atoms with Crippen molar-refractivity contribution < 1.29 is 39.9 Å². The van der Waals surface area contributed by atoms with Crippen LogP contribution in [-0.2, 0) is 4.74 Å². The summed E-state index contributed by atoms with van der Waals surface area (Å²) in [5.74, 6) is -15.7. The molecule has 116 valence electrons. The van der Waals surface area contributed by atoms with Gasteiger partial charge in [0, 0.05) is 6.92 Å². The van der Waals surface area contributed by atoms with Gasteiger partial charge < -0.3 is 4.74 Å². The summed E-state index contributed by atoms with van der Waals surface area (Å²) in [6.45, 7) is -2.47. The van der Waals surface area contributed by atoms with Crippen LogP contribution in [0.3, 0.4) is 0 Å². The van der Waals surface area contributed by atoms with E-state index < -0.39 is 49.7 Å². The van der Waals surface area contributed by atoms with Crippen LogP contribution in [0.1, 0.15) is 26.7 Å². The topological polar surface area (TPSA) is 9.23 Å². The Bertz CT molecular complexity index is 278. The molecule has 0 saturated carbocycles. The molecule has 0 atom stereocenters. The molecule has 0 rings (SSSR count). The lowest BCUT2D eigenvalue weighted by Gasteiger charge is -2.25. The van der Waals surface area contributed by atoms with Crippen LogP contribution in [0, 0.1) is 0 Å². The molecular formula is C10H14F8O. The summed E-state index contributed by atoms with van der Waals surface area (Å²) in [5, 5.41) is 0. The number of ether oxygens (including phenoxy) is 1. The molecule has 0 saturated heterocycles. The van der Waals surface area contributed by atoms with Crippen molar-refractivity contribution >= 4 is 0 Å². The zero-order valence-electron chi connectivity index (χ0n) is 10.3. The van der Waals surface area contributed by atoms with E-state index in [1.165, 1.54) is 0 Å². The van der Waals surface area contributed by atoms with E-state index in [0.717, 1.165) is 0 Å². The third-order valence-corrected chi connectivity index (χ3v) is 1.76. The van der Waals surface area contributed by atoms with Gasteiger partial charge in [0.05, 0.1) is 12.8 Å². The van der Waals surface area contributed by atoms with Crippen LogP contribution in [0.5, 0.6) is 0 Å². The van der Waals surface area contributed by atoms with Gasteiger partial charge in [0.1, 0.15) is 13.2 Å². The van der Waals surface area contributed by atoms with Gasteiger partial charge in [0.25, 0.3) is 23.7 Å². The van der Waals surface area contributed by atoms with Crippen molar-refractivity contribution in [2.45, 2.75) is 50.4 Å². The van der Waals surface area contributed by atoms with Crippen LogP contribution in [0.15, 0.2) is 0 Å². The van der Waals surface area contributed by atoms with E-state index in [0.29, 0.717) is 6.92 Å². The highest BCUT2D eigenvalue weighted by Crippen LogP contribution is 2.38. The van der Waals surface area contributed by atoms with Crippen molar-refractivity contribution in [1.82, 2.24) is 0 Å². The molecule has 19 heavy (non-hydrogen) atoms. The highest BCUT2D eigenvalue weighted by atomic mass is 19.3. The fraction of sp³-hybridized carbons (Fsp3) is 1.00. The number of hydrogen-bond acceptors (Lipinski definition) is 1. The van der Waals surface area contributed by atoms with E-state index >= 15 is 0 Å². The van der Waals surface area contributed by atoms with Gasteiger partial charge in [-0.3, -0.25) is 0 Å². The van der Waals surface area contributed by atoms with Crippen molar-refractivity contribution in [2.75, 3.05) is 13.2 Å². The Labute approximate surface area is 104 Å². The minimum Gasteiger partial charge on any atom is -0.369 e. The second kappa shape index (κ2) is 5.80. The first-order chi connectivity index (χ1) is 8.12. The Morgan fingerprint density at radius 3 is 1.47 bits per heavy atom. The van der Waals surface area contributed by atoms with Gasteiger partial charge in [-0.25, -0.2) is 35.1 Å². The van der Waals surface area contributed by atoms with Crippen molar-refractivity contribution in [3.63, 3.8) is 0 Å². The molecule has 0 amide bonds. The molecule has 0 aliphatic carbocycles. The van der Waals surface area contributed by atoms with Crippen molar-refractivity contribution in [3.05, 3.63) is 0 Å². The summed E-state index contributed by atoms with van der Waals surface area (Å²) in [4.78, 5) is 0. The Kier molecular flexibility index (Phi) is 5.62. The van der Waals surface area contributed by atoms with Gasteiger partial charge in [-0.15, -0.1) is 0 Å². The maximum Gasteiger partial charge on any atom is 0.276 e. The maximum absolute atomic E-state index is 13.0. The van der Waals surface area contributed by atoms with Gasteiger partial charge in [0.2, 0.25) is 0 Å².